The zero-order chi connectivity index (χ0) is 7.28. The molecule has 0 aliphatic heterocycles. The first-order valence-electron chi connectivity index (χ1n) is 2.43. The number of carboxylic acids is 1. The van der Waals surface area contributed by atoms with Gasteiger partial charge in [-0.1, -0.05) is 0 Å². The summed E-state index contributed by atoms with van der Waals surface area (Å²) in [6, 6.07) is 1.66. The smallest absolute Gasteiger partial charge is 1.00 e. The van der Waals surface area contributed by atoms with E-state index < -0.39 is 12.1 Å². The number of hydrogen-bond donors (Lipinski definition) is 2. The molecule has 1 unspecified atom stereocenters. The van der Waals surface area contributed by atoms with Crippen LogP contribution in [-0.4, -0.2) is 22.3 Å². The predicted molar refractivity (Wildman–Crippen MR) is 29.6 cm³/mol. The van der Waals surface area contributed by atoms with Gasteiger partial charge in [0, 0.05) is 0 Å². The molecule has 1 atom stereocenters. The molecule has 0 aromatic rings. The number of carbonyl (C=O) groups is 1. The number of aliphatic carboxylic acids is 1. The van der Waals surface area contributed by atoms with Crippen molar-refractivity contribution in [2.45, 2.75) is 18.9 Å². The van der Waals surface area contributed by atoms with Gasteiger partial charge in [-0.2, -0.15) is 5.26 Å². The monoisotopic (exact) mass is 153 g/mol. The Kier molecular flexibility index (Phi) is 8.85. The average molecular weight is 153 g/mol. The molecule has 0 radical (unpaired) electrons. The first kappa shape index (κ1) is 12.6. The minimum atomic E-state index is -1.09. The predicted octanol–water partition coefficient (Wildman–Crippen LogP) is -3.15. The van der Waals surface area contributed by atoms with E-state index in [9.17, 15) is 4.79 Å². The first-order valence-corrected chi connectivity index (χ1v) is 2.43. The van der Waals surface area contributed by atoms with Crippen LogP contribution in [0.15, 0.2) is 0 Å². The molecule has 0 rings (SSSR count). The van der Waals surface area contributed by atoms with E-state index in [4.69, 9.17) is 15.5 Å². The number of aliphatic hydroxyl groups is 1. The van der Waals surface area contributed by atoms with Crippen LogP contribution in [0.3, 0.4) is 0 Å². The van der Waals surface area contributed by atoms with Gasteiger partial charge in [-0.25, -0.2) is 0 Å². The van der Waals surface area contributed by atoms with Gasteiger partial charge < -0.3 is 11.6 Å². The molecule has 0 aliphatic carbocycles. The topological polar surface area (TPSA) is 81.3 Å². The van der Waals surface area contributed by atoms with Crippen molar-refractivity contribution in [1.29, 1.82) is 5.26 Å². The van der Waals surface area contributed by atoms with E-state index in [1.165, 1.54) is 0 Å². The maximum atomic E-state index is 9.82. The van der Waals surface area contributed by atoms with Gasteiger partial charge in [0.15, 0.2) is 0 Å². The molecule has 0 heterocycles. The van der Waals surface area contributed by atoms with E-state index >= 15 is 0 Å². The van der Waals surface area contributed by atoms with Crippen LogP contribution >= 0.6 is 0 Å². The largest absolute Gasteiger partial charge is 1.00 e. The van der Waals surface area contributed by atoms with Gasteiger partial charge in [0.05, 0.1) is 25.0 Å². The summed E-state index contributed by atoms with van der Waals surface area (Å²) in [4.78, 5) is 9.82. The summed E-state index contributed by atoms with van der Waals surface area (Å²) in [5.74, 6) is -1.09. The Morgan fingerprint density at radius 1 is 1.80 bits per heavy atom. The fraction of sp³-hybridized carbons (Fsp3) is 0.600. The molecule has 5 heteroatoms. The molecule has 2 N–H and O–H groups in total. The summed E-state index contributed by atoms with van der Waals surface area (Å²) in [5.41, 5.74) is 0. The molecule has 0 aromatic heterocycles. The van der Waals surface area contributed by atoms with Crippen molar-refractivity contribution in [3.05, 3.63) is 0 Å². The number of nitrogens with zero attached hydrogens (tertiary/aromatic N) is 1. The fourth-order valence-electron chi connectivity index (χ4n) is 0.379. The minimum Gasteiger partial charge on any atom is -1.00 e. The Bertz CT molecular complexity index is 147. The van der Waals surface area contributed by atoms with E-state index in [0.717, 1.165) is 0 Å². The van der Waals surface area contributed by atoms with Crippen molar-refractivity contribution in [2.24, 2.45) is 0 Å². The SMILES string of the molecule is N#CCC(O)CC(=O)O.[H-].[Na+]. The van der Waals surface area contributed by atoms with Crippen LogP contribution in [0.4, 0.5) is 0 Å². The zero-order valence-electron chi connectivity index (χ0n) is 6.74. The molecule has 0 saturated carbocycles. The van der Waals surface area contributed by atoms with Gasteiger partial charge in [-0.05, 0) is 0 Å². The summed E-state index contributed by atoms with van der Waals surface area (Å²) >= 11 is 0. The first-order chi connectivity index (χ1) is 4.16. The zero-order valence-corrected chi connectivity index (χ0v) is 7.74. The number of nitriles is 1. The van der Waals surface area contributed by atoms with Crippen LogP contribution < -0.4 is 29.6 Å². The van der Waals surface area contributed by atoms with Crippen molar-refractivity contribution in [3.63, 3.8) is 0 Å². The van der Waals surface area contributed by atoms with E-state index in [0.29, 0.717) is 0 Å². The molecular weight excluding hydrogens is 145 g/mol. The summed E-state index contributed by atoms with van der Waals surface area (Å²) in [6.07, 6.45) is -1.49. The summed E-state index contributed by atoms with van der Waals surface area (Å²) in [5, 5.41) is 24.6. The van der Waals surface area contributed by atoms with Crippen LogP contribution in [0.5, 0.6) is 0 Å². The Morgan fingerprint density at radius 3 is 2.60 bits per heavy atom. The van der Waals surface area contributed by atoms with Gasteiger partial charge in [0.1, 0.15) is 0 Å². The Morgan fingerprint density at radius 2 is 2.30 bits per heavy atom. The van der Waals surface area contributed by atoms with Gasteiger partial charge >= 0.3 is 35.5 Å². The van der Waals surface area contributed by atoms with Crippen LogP contribution in [-0.2, 0) is 4.79 Å². The van der Waals surface area contributed by atoms with E-state index in [1.807, 2.05) is 0 Å². The molecule has 0 amide bonds. The van der Waals surface area contributed by atoms with Crippen LogP contribution in [0, 0.1) is 11.3 Å². The number of rotatable bonds is 3. The standard InChI is InChI=1S/C5H7NO3.Na.H/c6-2-1-4(7)3-5(8)9;;/h4,7H,1,3H2,(H,8,9);;/q;+1;-1. The van der Waals surface area contributed by atoms with E-state index in [-0.39, 0.29) is 43.8 Å². The molecule has 4 nitrogen and oxygen atoms in total. The van der Waals surface area contributed by atoms with Crippen molar-refractivity contribution < 1.29 is 46.0 Å². The second kappa shape index (κ2) is 7.03. The number of aliphatic hydroxyl groups excluding tert-OH is 1. The average Bonchev–Trinajstić information content (AvgIpc) is 1.63. The van der Waals surface area contributed by atoms with Gasteiger partial charge in [-0.3, -0.25) is 4.79 Å². The Hall–Kier alpha value is -0.0800. The van der Waals surface area contributed by atoms with Crippen LogP contribution in [0.25, 0.3) is 0 Å². The third-order valence-corrected chi connectivity index (χ3v) is 0.737. The minimum absolute atomic E-state index is 0. The molecule has 0 fully saturated rings. The van der Waals surface area contributed by atoms with Crippen molar-refractivity contribution >= 4 is 5.97 Å². The van der Waals surface area contributed by atoms with Gasteiger partial charge in [0.25, 0.3) is 0 Å². The van der Waals surface area contributed by atoms with Crippen molar-refractivity contribution in [2.75, 3.05) is 0 Å². The van der Waals surface area contributed by atoms with Gasteiger partial charge in [-0.15, -0.1) is 0 Å². The number of hydrogen-bond acceptors (Lipinski definition) is 3. The third kappa shape index (κ3) is 7.92. The summed E-state index contributed by atoms with van der Waals surface area (Å²) < 4.78 is 0. The quantitative estimate of drug-likeness (QED) is 0.419. The fourth-order valence-corrected chi connectivity index (χ4v) is 0.379. The Balaban J connectivity index is -0.000000320. The number of carboxylic acid groups (broad SMARTS) is 1. The van der Waals surface area contributed by atoms with E-state index in [2.05, 4.69) is 0 Å². The molecule has 10 heavy (non-hydrogen) atoms. The molecule has 0 aliphatic rings. The van der Waals surface area contributed by atoms with Crippen molar-refractivity contribution in [3.8, 4) is 6.07 Å². The van der Waals surface area contributed by atoms with Crippen LogP contribution in [0.1, 0.15) is 14.3 Å². The van der Waals surface area contributed by atoms with Crippen molar-refractivity contribution in [1.82, 2.24) is 0 Å². The van der Waals surface area contributed by atoms with Crippen LogP contribution in [0.2, 0.25) is 0 Å². The molecule has 52 valence electrons. The Labute approximate surface area is 82.2 Å². The molecule has 0 saturated heterocycles. The third-order valence-electron chi connectivity index (χ3n) is 0.737. The maximum absolute atomic E-state index is 9.82. The summed E-state index contributed by atoms with van der Waals surface area (Å²) in [6.45, 7) is 0. The molecule has 0 aromatic carbocycles. The van der Waals surface area contributed by atoms with E-state index in [1.54, 1.807) is 6.07 Å². The second-order valence-electron chi connectivity index (χ2n) is 1.61. The van der Waals surface area contributed by atoms with Gasteiger partial charge in [0.2, 0.25) is 0 Å². The molecule has 0 spiro atoms. The maximum Gasteiger partial charge on any atom is 1.00 e. The summed E-state index contributed by atoms with van der Waals surface area (Å²) in [7, 11) is 0. The molecular formula is C5H8NNaO3. The normalized spacial score (nSPS) is 10.8. The molecule has 0 bridgehead atoms. The second-order valence-corrected chi connectivity index (χ2v) is 1.61.